The van der Waals surface area contributed by atoms with Crippen LogP contribution >= 0.6 is 11.6 Å². The monoisotopic (exact) mass is 324 g/mol. The molecule has 114 valence electrons. The van der Waals surface area contributed by atoms with Crippen LogP contribution in [0.5, 0.6) is 0 Å². The number of hydrogen-bond donors (Lipinski definition) is 2. The van der Waals surface area contributed by atoms with Crippen molar-refractivity contribution in [2.45, 2.75) is 30.8 Å². The van der Waals surface area contributed by atoms with E-state index in [-0.39, 0.29) is 23.2 Å². The second-order valence-electron chi connectivity index (χ2n) is 4.38. The Morgan fingerprint density at radius 2 is 2.15 bits per heavy atom. The fourth-order valence-corrected chi connectivity index (χ4v) is 3.37. The van der Waals surface area contributed by atoms with Gasteiger partial charge in [0.2, 0.25) is 10.0 Å². The van der Waals surface area contributed by atoms with Crippen LogP contribution in [0, 0.1) is 5.82 Å². The molecule has 0 heterocycles. The molecule has 0 amide bonds. The van der Waals surface area contributed by atoms with Crippen LogP contribution in [-0.2, 0) is 21.3 Å². The van der Waals surface area contributed by atoms with Crippen molar-refractivity contribution in [2.24, 2.45) is 5.73 Å². The molecule has 0 aliphatic rings. The van der Waals surface area contributed by atoms with Gasteiger partial charge in [-0.05, 0) is 25.5 Å². The highest BCUT2D eigenvalue weighted by Gasteiger charge is 2.23. The Kier molecular flexibility index (Phi) is 6.35. The largest absolute Gasteiger partial charge is 0.385 e. The van der Waals surface area contributed by atoms with E-state index in [2.05, 4.69) is 4.72 Å². The first kappa shape index (κ1) is 17.3. The van der Waals surface area contributed by atoms with Gasteiger partial charge in [-0.3, -0.25) is 0 Å². The molecule has 3 N–H and O–H groups in total. The molecule has 5 nitrogen and oxygen atoms in total. The van der Waals surface area contributed by atoms with Gasteiger partial charge < -0.3 is 10.5 Å². The van der Waals surface area contributed by atoms with Gasteiger partial charge in [-0.15, -0.1) is 0 Å². The minimum Gasteiger partial charge on any atom is -0.385 e. The minimum absolute atomic E-state index is 0.0578. The molecule has 0 spiro atoms. The maximum atomic E-state index is 14.1. The van der Waals surface area contributed by atoms with Crippen molar-refractivity contribution in [1.82, 2.24) is 4.72 Å². The highest BCUT2D eigenvalue weighted by molar-refractivity contribution is 7.89. The summed E-state index contributed by atoms with van der Waals surface area (Å²) in [6, 6.07) is 1.99. The maximum Gasteiger partial charge on any atom is 0.243 e. The van der Waals surface area contributed by atoms with Crippen molar-refractivity contribution in [2.75, 3.05) is 13.7 Å². The van der Waals surface area contributed by atoms with Gasteiger partial charge in [0.15, 0.2) is 0 Å². The molecule has 0 fully saturated rings. The van der Waals surface area contributed by atoms with Crippen molar-refractivity contribution < 1.29 is 17.5 Å². The van der Waals surface area contributed by atoms with Crippen LogP contribution < -0.4 is 10.5 Å². The lowest BCUT2D eigenvalue weighted by Gasteiger charge is -2.15. The maximum absolute atomic E-state index is 14.1. The predicted molar refractivity (Wildman–Crippen MR) is 75.6 cm³/mol. The molecule has 0 saturated carbocycles. The zero-order valence-electron chi connectivity index (χ0n) is 11.3. The number of halogens is 2. The molecule has 0 aliphatic carbocycles. The predicted octanol–water partition coefficient (Wildman–Crippen LogP) is 1.64. The summed E-state index contributed by atoms with van der Waals surface area (Å²) in [5, 5.41) is 0.122. The molecule has 1 aromatic rings. The second-order valence-corrected chi connectivity index (χ2v) is 6.50. The summed E-state index contributed by atoms with van der Waals surface area (Å²) in [7, 11) is -2.48. The Bertz CT molecular complexity index is 566. The van der Waals surface area contributed by atoms with Gasteiger partial charge in [-0.25, -0.2) is 17.5 Å². The molecular formula is C12H18ClFN2O3S. The Labute approximate surface area is 123 Å². The van der Waals surface area contributed by atoms with Crippen LogP contribution in [0.4, 0.5) is 4.39 Å². The molecule has 0 bridgehead atoms. The van der Waals surface area contributed by atoms with Crippen LogP contribution in [0.3, 0.4) is 0 Å². The molecule has 1 rings (SSSR count). The van der Waals surface area contributed by atoms with Crippen molar-refractivity contribution >= 4 is 21.6 Å². The topological polar surface area (TPSA) is 81.4 Å². The normalized spacial score (nSPS) is 13.4. The fourth-order valence-electron chi connectivity index (χ4n) is 1.64. The molecule has 1 unspecified atom stereocenters. The molecule has 1 atom stereocenters. The molecule has 1 aromatic carbocycles. The van der Waals surface area contributed by atoms with Crippen molar-refractivity contribution in [1.29, 1.82) is 0 Å². The average Bonchev–Trinajstić information content (AvgIpc) is 2.37. The summed E-state index contributed by atoms with van der Waals surface area (Å²) in [6.07, 6.45) is 0.474. The number of rotatable bonds is 7. The first-order chi connectivity index (χ1) is 9.31. The van der Waals surface area contributed by atoms with E-state index in [1.165, 1.54) is 13.2 Å². The number of sulfonamides is 1. The van der Waals surface area contributed by atoms with E-state index < -0.39 is 20.7 Å². The third-order valence-corrected chi connectivity index (χ3v) is 4.51. The third kappa shape index (κ3) is 4.39. The van der Waals surface area contributed by atoms with E-state index in [0.717, 1.165) is 6.07 Å². The molecule has 0 aromatic heterocycles. The summed E-state index contributed by atoms with van der Waals surface area (Å²) in [5.41, 5.74) is 5.43. The standard InChI is InChI=1S/C12H18ClFN2O3S/c1-8(3-4-19-2)16-20(17,18)11-6-10(13)5-9(7-15)12(11)14/h5-6,8,16H,3-4,7,15H2,1-2H3. The molecule has 0 radical (unpaired) electrons. The number of methoxy groups -OCH3 is 1. The second kappa shape index (κ2) is 7.33. The van der Waals surface area contributed by atoms with Gasteiger partial charge in [0.1, 0.15) is 10.7 Å². The number of hydrogen-bond acceptors (Lipinski definition) is 4. The van der Waals surface area contributed by atoms with E-state index >= 15 is 0 Å². The van der Waals surface area contributed by atoms with Gasteiger partial charge in [0.25, 0.3) is 0 Å². The van der Waals surface area contributed by atoms with Gasteiger partial charge in [0.05, 0.1) is 0 Å². The Hall–Kier alpha value is -0.730. The van der Waals surface area contributed by atoms with E-state index in [0.29, 0.717) is 13.0 Å². The van der Waals surface area contributed by atoms with E-state index in [1.807, 2.05) is 0 Å². The number of benzene rings is 1. The van der Waals surface area contributed by atoms with E-state index in [1.54, 1.807) is 6.92 Å². The highest BCUT2D eigenvalue weighted by Crippen LogP contribution is 2.23. The zero-order chi connectivity index (χ0) is 15.3. The Morgan fingerprint density at radius 1 is 1.50 bits per heavy atom. The molecule has 8 heteroatoms. The summed E-state index contributed by atoms with van der Waals surface area (Å²) >= 11 is 5.79. The lowest BCUT2D eigenvalue weighted by atomic mass is 10.2. The van der Waals surface area contributed by atoms with Crippen LogP contribution in [0.25, 0.3) is 0 Å². The summed E-state index contributed by atoms with van der Waals surface area (Å²) < 4.78 is 45.6. The van der Waals surface area contributed by atoms with E-state index in [9.17, 15) is 12.8 Å². The van der Waals surface area contributed by atoms with Crippen molar-refractivity contribution in [3.63, 3.8) is 0 Å². The van der Waals surface area contributed by atoms with Gasteiger partial charge in [-0.1, -0.05) is 11.6 Å². The summed E-state index contributed by atoms with van der Waals surface area (Å²) in [5.74, 6) is -0.872. The first-order valence-corrected chi connectivity index (χ1v) is 7.87. The molecular weight excluding hydrogens is 307 g/mol. The SMILES string of the molecule is COCCC(C)NS(=O)(=O)c1cc(Cl)cc(CN)c1F. The summed E-state index contributed by atoms with van der Waals surface area (Å²) in [4.78, 5) is -0.491. The highest BCUT2D eigenvalue weighted by atomic mass is 35.5. The van der Waals surface area contributed by atoms with Crippen LogP contribution in [0.1, 0.15) is 18.9 Å². The van der Waals surface area contributed by atoms with Crippen molar-refractivity contribution in [3.05, 3.63) is 28.5 Å². The quantitative estimate of drug-likeness (QED) is 0.799. The number of nitrogens with one attached hydrogen (secondary N) is 1. The number of ether oxygens (including phenoxy) is 1. The van der Waals surface area contributed by atoms with E-state index in [4.69, 9.17) is 22.1 Å². The average molecular weight is 325 g/mol. The molecule has 20 heavy (non-hydrogen) atoms. The molecule has 0 saturated heterocycles. The Balaban J connectivity index is 3.06. The first-order valence-electron chi connectivity index (χ1n) is 6.01. The molecule has 0 aliphatic heterocycles. The smallest absolute Gasteiger partial charge is 0.243 e. The zero-order valence-corrected chi connectivity index (χ0v) is 12.9. The number of nitrogens with two attached hydrogens (primary N) is 1. The lowest BCUT2D eigenvalue weighted by molar-refractivity contribution is 0.188. The van der Waals surface area contributed by atoms with Gasteiger partial charge >= 0.3 is 0 Å². The summed E-state index contributed by atoms with van der Waals surface area (Å²) in [6.45, 7) is 1.94. The van der Waals surface area contributed by atoms with Crippen LogP contribution in [-0.4, -0.2) is 28.2 Å². The fraction of sp³-hybridized carbons (Fsp3) is 0.500. The van der Waals surface area contributed by atoms with Crippen molar-refractivity contribution in [3.8, 4) is 0 Å². The van der Waals surface area contributed by atoms with Gasteiger partial charge in [0, 0.05) is 36.9 Å². The minimum atomic E-state index is -4.00. The Morgan fingerprint density at radius 3 is 2.70 bits per heavy atom. The lowest BCUT2D eigenvalue weighted by Crippen LogP contribution is -2.34. The third-order valence-electron chi connectivity index (χ3n) is 2.70. The van der Waals surface area contributed by atoms with Gasteiger partial charge in [-0.2, -0.15) is 0 Å². The van der Waals surface area contributed by atoms with Crippen LogP contribution in [0.2, 0.25) is 5.02 Å². The van der Waals surface area contributed by atoms with Crippen LogP contribution in [0.15, 0.2) is 17.0 Å².